The van der Waals surface area contributed by atoms with Gasteiger partial charge in [-0.2, -0.15) is 0 Å². The lowest BCUT2D eigenvalue weighted by Gasteiger charge is -2.05. The molecule has 0 aliphatic carbocycles. The van der Waals surface area contributed by atoms with Crippen molar-refractivity contribution in [2.75, 3.05) is 6.61 Å². The minimum Gasteiger partial charge on any atom is -0.454 e. The monoisotopic (exact) mass is 246 g/mol. The Morgan fingerprint density at radius 3 is 2.27 bits per heavy atom. The van der Waals surface area contributed by atoms with Gasteiger partial charge in [0.1, 0.15) is 6.61 Å². The molecule has 0 unspecified atom stereocenters. The first kappa shape index (κ1) is 12.0. The SMILES string of the molecule is CC(=O)COC(=O)c1c(Cl)cccc1Cl. The van der Waals surface area contributed by atoms with Crippen LogP contribution in [0.5, 0.6) is 0 Å². The molecule has 0 aliphatic heterocycles. The first-order chi connectivity index (χ1) is 7.02. The number of rotatable bonds is 3. The molecule has 1 aromatic carbocycles. The van der Waals surface area contributed by atoms with Crippen molar-refractivity contribution in [2.45, 2.75) is 6.92 Å². The van der Waals surface area contributed by atoms with Crippen LogP contribution in [0.4, 0.5) is 0 Å². The Balaban J connectivity index is 2.86. The molecule has 15 heavy (non-hydrogen) atoms. The Morgan fingerprint density at radius 1 is 1.27 bits per heavy atom. The number of esters is 1. The van der Waals surface area contributed by atoms with Crippen molar-refractivity contribution in [1.29, 1.82) is 0 Å². The van der Waals surface area contributed by atoms with E-state index in [0.29, 0.717) is 0 Å². The lowest BCUT2D eigenvalue weighted by atomic mass is 10.2. The second-order valence-electron chi connectivity index (χ2n) is 2.87. The standard InChI is InChI=1S/C10H8Cl2O3/c1-6(13)5-15-10(14)9-7(11)3-2-4-8(9)12/h2-4H,5H2,1H3. The minimum atomic E-state index is -0.694. The number of carbonyl (C=O) groups is 2. The maximum absolute atomic E-state index is 11.4. The van der Waals surface area contributed by atoms with E-state index >= 15 is 0 Å². The molecular weight excluding hydrogens is 239 g/mol. The number of hydrogen-bond acceptors (Lipinski definition) is 3. The van der Waals surface area contributed by atoms with Gasteiger partial charge >= 0.3 is 5.97 Å². The van der Waals surface area contributed by atoms with E-state index in [1.54, 1.807) is 6.07 Å². The number of hydrogen-bond donors (Lipinski definition) is 0. The van der Waals surface area contributed by atoms with Gasteiger partial charge in [0.2, 0.25) is 0 Å². The molecule has 3 nitrogen and oxygen atoms in total. The van der Waals surface area contributed by atoms with Crippen molar-refractivity contribution in [2.24, 2.45) is 0 Å². The quantitative estimate of drug-likeness (QED) is 0.771. The normalized spacial score (nSPS) is 9.80. The number of ketones is 1. The van der Waals surface area contributed by atoms with Crippen LogP contribution in [0.3, 0.4) is 0 Å². The van der Waals surface area contributed by atoms with Crippen LogP contribution in [0.1, 0.15) is 17.3 Å². The molecule has 0 saturated carbocycles. The lowest BCUT2D eigenvalue weighted by Crippen LogP contribution is -2.12. The van der Waals surface area contributed by atoms with Gasteiger partial charge in [0.15, 0.2) is 5.78 Å². The van der Waals surface area contributed by atoms with E-state index in [1.807, 2.05) is 0 Å². The van der Waals surface area contributed by atoms with Crippen LogP contribution in [0.25, 0.3) is 0 Å². The average Bonchev–Trinajstić information content (AvgIpc) is 2.14. The highest BCUT2D eigenvalue weighted by atomic mass is 35.5. The summed E-state index contributed by atoms with van der Waals surface area (Å²) in [6.07, 6.45) is 0. The van der Waals surface area contributed by atoms with Crippen molar-refractivity contribution in [3.63, 3.8) is 0 Å². The summed E-state index contributed by atoms with van der Waals surface area (Å²) in [6, 6.07) is 4.67. The average molecular weight is 247 g/mol. The number of carbonyl (C=O) groups excluding carboxylic acids is 2. The fraction of sp³-hybridized carbons (Fsp3) is 0.200. The Kier molecular flexibility index (Phi) is 4.12. The van der Waals surface area contributed by atoms with Gasteiger partial charge in [0.25, 0.3) is 0 Å². The van der Waals surface area contributed by atoms with Gasteiger partial charge in [-0.25, -0.2) is 4.79 Å². The van der Waals surface area contributed by atoms with E-state index in [1.165, 1.54) is 19.1 Å². The summed E-state index contributed by atoms with van der Waals surface area (Å²) in [4.78, 5) is 22.1. The topological polar surface area (TPSA) is 43.4 Å². The van der Waals surface area contributed by atoms with Gasteiger partial charge < -0.3 is 4.74 Å². The first-order valence-electron chi connectivity index (χ1n) is 4.13. The molecule has 0 radical (unpaired) electrons. The third-order valence-corrected chi connectivity index (χ3v) is 2.20. The molecule has 0 bridgehead atoms. The van der Waals surface area contributed by atoms with Gasteiger partial charge in [-0.05, 0) is 19.1 Å². The number of halogens is 2. The summed E-state index contributed by atoms with van der Waals surface area (Å²) in [7, 11) is 0. The van der Waals surface area contributed by atoms with E-state index < -0.39 is 5.97 Å². The molecule has 0 aromatic heterocycles. The van der Waals surface area contributed by atoms with E-state index in [4.69, 9.17) is 27.9 Å². The zero-order valence-corrected chi connectivity index (χ0v) is 9.43. The van der Waals surface area contributed by atoms with Gasteiger partial charge in [0.05, 0.1) is 15.6 Å². The molecule has 0 spiro atoms. The van der Waals surface area contributed by atoms with Crippen LogP contribution in [0.15, 0.2) is 18.2 Å². The minimum absolute atomic E-state index is 0.0853. The Hall–Kier alpha value is -1.06. The van der Waals surface area contributed by atoms with Crippen LogP contribution >= 0.6 is 23.2 Å². The molecule has 80 valence electrons. The molecule has 0 saturated heterocycles. The molecule has 1 rings (SSSR count). The second kappa shape index (κ2) is 5.14. The van der Waals surface area contributed by atoms with Crippen molar-refractivity contribution >= 4 is 35.0 Å². The third kappa shape index (κ3) is 3.22. The zero-order valence-electron chi connectivity index (χ0n) is 7.92. The number of Topliss-reactive ketones (excluding diaryl/α,β-unsaturated/α-hetero) is 1. The Labute approximate surface area is 96.9 Å². The highest BCUT2D eigenvalue weighted by molar-refractivity contribution is 6.39. The predicted octanol–water partition coefficient (Wildman–Crippen LogP) is 2.74. The van der Waals surface area contributed by atoms with Crippen molar-refractivity contribution in [3.8, 4) is 0 Å². The maximum Gasteiger partial charge on any atom is 0.341 e. The number of ether oxygens (including phenoxy) is 1. The summed E-state index contributed by atoms with van der Waals surface area (Å²) in [5.74, 6) is -0.938. The van der Waals surface area contributed by atoms with Gasteiger partial charge in [0, 0.05) is 0 Å². The fourth-order valence-electron chi connectivity index (χ4n) is 0.932. The zero-order chi connectivity index (χ0) is 11.4. The second-order valence-corrected chi connectivity index (χ2v) is 3.69. The summed E-state index contributed by atoms with van der Waals surface area (Å²) in [6.45, 7) is 1.04. The number of benzene rings is 1. The summed E-state index contributed by atoms with van der Waals surface area (Å²) < 4.78 is 4.69. The third-order valence-electron chi connectivity index (χ3n) is 1.57. The largest absolute Gasteiger partial charge is 0.454 e. The molecule has 5 heteroatoms. The molecule has 1 aromatic rings. The molecule has 0 heterocycles. The lowest BCUT2D eigenvalue weighted by molar-refractivity contribution is -0.120. The molecule has 0 amide bonds. The van der Waals surface area contributed by atoms with Crippen LogP contribution in [0.2, 0.25) is 10.0 Å². The fourth-order valence-corrected chi connectivity index (χ4v) is 1.48. The Morgan fingerprint density at radius 2 is 1.80 bits per heavy atom. The van der Waals surface area contributed by atoms with Crippen LogP contribution in [-0.2, 0) is 9.53 Å². The molecule has 0 N–H and O–H groups in total. The molecular formula is C10H8Cl2O3. The van der Waals surface area contributed by atoms with E-state index in [9.17, 15) is 9.59 Å². The van der Waals surface area contributed by atoms with Crippen LogP contribution in [0, 0.1) is 0 Å². The smallest absolute Gasteiger partial charge is 0.341 e. The van der Waals surface area contributed by atoms with Gasteiger partial charge in [-0.15, -0.1) is 0 Å². The van der Waals surface area contributed by atoms with Crippen molar-refractivity contribution in [3.05, 3.63) is 33.8 Å². The maximum atomic E-state index is 11.4. The van der Waals surface area contributed by atoms with E-state index in [-0.39, 0.29) is 28.0 Å². The van der Waals surface area contributed by atoms with Crippen molar-refractivity contribution in [1.82, 2.24) is 0 Å². The molecule has 0 atom stereocenters. The predicted molar refractivity (Wildman–Crippen MR) is 57.4 cm³/mol. The first-order valence-corrected chi connectivity index (χ1v) is 4.88. The van der Waals surface area contributed by atoms with Crippen molar-refractivity contribution < 1.29 is 14.3 Å². The Bertz CT molecular complexity index is 381. The molecule has 0 fully saturated rings. The van der Waals surface area contributed by atoms with Gasteiger partial charge in [-0.3, -0.25) is 4.79 Å². The summed E-state index contributed by atoms with van der Waals surface area (Å²) >= 11 is 11.5. The van der Waals surface area contributed by atoms with Crippen LogP contribution < -0.4 is 0 Å². The highest BCUT2D eigenvalue weighted by Gasteiger charge is 2.16. The molecule has 0 aliphatic rings. The van der Waals surface area contributed by atoms with E-state index in [0.717, 1.165) is 0 Å². The van der Waals surface area contributed by atoms with Crippen LogP contribution in [-0.4, -0.2) is 18.4 Å². The van der Waals surface area contributed by atoms with E-state index in [2.05, 4.69) is 0 Å². The summed E-state index contributed by atoms with van der Waals surface area (Å²) in [5, 5.41) is 0.409. The summed E-state index contributed by atoms with van der Waals surface area (Å²) in [5.41, 5.74) is 0.0853. The van der Waals surface area contributed by atoms with Gasteiger partial charge in [-0.1, -0.05) is 29.3 Å². The highest BCUT2D eigenvalue weighted by Crippen LogP contribution is 2.24.